The molecule has 0 bridgehead atoms. The first kappa shape index (κ1) is 19.4. The third kappa shape index (κ3) is 4.66. The van der Waals surface area contributed by atoms with Crippen molar-refractivity contribution in [3.8, 4) is 11.5 Å². The summed E-state index contributed by atoms with van der Waals surface area (Å²) in [5, 5.41) is 0. The van der Waals surface area contributed by atoms with Gasteiger partial charge in [-0.15, -0.1) is 0 Å². The van der Waals surface area contributed by atoms with E-state index in [9.17, 15) is 8.42 Å². The highest BCUT2D eigenvalue weighted by atomic mass is 32.2. The van der Waals surface area contributed by atoms with Gasteiger partial charge in [-0.3, -0.25) is 4.72 Å². The lowest BCUT2D eigenvalue weighted by atomic mass is 10.2. The molecule has 1 aliphatic rings. The van der Waals surface area contributed by atoms with Crippen LogP contribution < -0.4 is 19.1 Å². The summed E-state index contributed by atoms with van der Waals surface area (Å²) in [7, 11) is -0.728. The van der Waals surface area contributed by atoms with Crippen LogP contribution in [-0.4, -0.2) is 35.7 Å². The fourth-order valence-corrected chi connectivity index (χ4v) is 4.34. The Kier molecular flexibility index (Phi) is 6.11. The number of hydrogen-bond donors (Lipinski definition) is 1. The van der Waals surface area contributed by atoms with Gasteiger partial charge in [0.1, 0.15) is 0 Å². The van der Waals surface area contributed by atoms with Crippen molar-refractivity contribution in [2.75, 3.05) is 36.9 Å². The van der Waals surface area contributed by atoms with Crippen molar-refractivity contribution < 1.29 is 17.9 Å². The van der Waals surface area contributed by atoms with Gasteiger partial charge in [0.05, 0.1) is 19.1 Å². The molecular weight excluding hydrogens is 364 g/mol. The summed E-state index contributed by atoms with van der Waals surface area (Å²) in [5.41, 5.74) is 1.66. The fourth-order valence-electron chi connectivity index (χ4n) is 3.27. The van der Waals surface area contributed by atoms with Crippen molar-refractivity contribution in [3.05, 3.63) is 42.5 Å². The zero-order valence-electron chi connectivity index (χ0n) is 15.8. The number of nitrogens with zero attached hydrogens (tertiary/aromatic N) is 1. The van der Waals surface area contributed by atoms with Crippen molar-refractivity contribution >= 4 is 21.4 Å². The van der Waals surface area contributed by atoms with Gasteiger partial charge in [-0.05, 0) is 49.2 Å². The minimum absolute atomic E-state index is 0.122. The predicted molar refractivity (Wildman–Crippen MR) is 107 cm³/mol. The lowest BCUT2D eigenvalue weighted by molar-refractivity contribution is 0.354. The van der Waals surface area contributed by atoms with Crippen LogP contribution in [-0.2, 0) is 10.0 Å². The van der Waals surface area contributed by atoms with E-state index in [4.69, 9.17) is 9.47 Å². The van der Waals surface area contributed by atoms with Gasteiger partial charge in [-0.25, -0.2) is 8.42 Å². The van der Waals surface area contributed by atoms with E-state index >= 15 is 0 Å². The Balaban J connectivity index is 1.75. The maximum absolute atomic E-state index is 12.7. The SMILES string of the molecule is COc1ccc(S(=O)(=O)Nc2ccc(N3CCCCCC3)cc2)cc1OC. The number of rotatable bonds is 6. The average molecular weight is 391 g/mol. The van der Waals surface area contributed by atoms with Crippen molar-refractivity contribution in [1.82, 2.24) is 0 Å². The molecule has 2 aromatic carbocycles. The number of benzene rings is 2. The van der Waals surface area contributed by atoms with Crippen LogP contribution in [0, 0.1) is 0 Å². The van der Waals surface area contributed by atoms with Crippen molar-refractivity contribution in [3.63, 3.8) is 0 Å². The van der Waals surface area contributed by atoms with Crippen molar-refractivity contribution in [2.45, 2.75) is 30.6 Å². The van der Waals surface area contributed by atoms with Gasteiger partial charge in [-0.1, -0.05) is 12.8 Å². The molecule has 3 rings (SSSR count). The molecule has 0 saturated carbocycles. The average Bonchev–Trinajstić information content (AvgIpc) is 2.97. The number of sulfonamides is 1. The highest BCUT2D eigenvalue weighted by molar-refractivity contribution is 7.92. The van der Waals surface area contributed by atoms with Gasteiger partial charge in [0.2, 0.25) is 0 Å². The van der Waals surface area contributed by atoms with Gasteiger partial charge in [0.25, 0.3) is 10.0 Å². The lowest BCUT2D eigenvalue weighted by Crippen LogP contribution is -2.23. The summed E-state index contributed by atoms with van der Waals surface area (Å²) in [5.74, 6) is 0.857. The van der Waals surface area contributed by atoms with Crippen LogP contribution in [0.5, 0.6) is 11.5 Å². The Hall–Kier alpha value is -2.41. The molecule has 0 atom stereocenters. The van der Waals surface area contributed by atoms with Crippen LogP contribution in [0.15, 0.2) is 47.4 Å². The molecule has 0 amide bonds. The maximum Gasteiger partial charge on any atom is 0.262 e. The van der Waals surface area contributed by atoms with Gasteiger partial charge < -0.3 is 14.4 Å². The standard InChI is InChI=1S/C20H26N2O4S/c1-25-19-12-11-18(15-20(19)26-2)27(23,24)21-16-7-9-17(10-8-16)22-13-5-3-4-6-14-22/h7-12,15,21H,3-6,13-14H2,1-2H3. The smallest absolute Gasteiger partial charge is 0.262 e. The van der Waals surface area contributed by atoms with Crippen LogP contribution in [0.1, 0.15) is 25.7 Å². The maximum atomic E-state index is 12.7. The molecule has 1 fully saturated rings. The van der Waals surface area contributed by atoms with E-state index in [2.05, 4.69) is 9.62 Å². The van der Waals surface area contributed by atoms with E-state index in [0.29, 0.717) is 17.2 Å². The molecule has 0 aliphatic carbocycles. The van der Waals surface area contributed by atoms with E-state index in [-0.39, 0.29) is 4.90 Å². The molecule has 27 heavy (non-hydrogen) atoms. The number of nitrogens with one attached hydrogen (secondary N) is 1. The molecule has 1 aliphatic heterocycles. The summed E-state index contributed by atoms with van der Waals surface area (Å²) in [6, 6.07) is 12.1. The second kappa shape index (κ2) is 8.52. The number of ether oxygens (including phenoxy) is 2. The summed E-state index contributed by atoms with van der Waals surface area (Å²) in [4.78, 5) is 2.48. The van der Waals surface area contributed by atoms with Gasteiger partial charge in [-0.2, -0.15) is 0 Å². The van der Waals surface area contributed by atoms with Crippen LogP contribution >= 0.6 is 0 Å². The second-order valence-corrected chi connectivity index (χ2v) is 8.25. The zero-order valence-corrected chi connectivity index (χ0v) is 16.6. The van der Waals surface area contributed by atoms with E-state index in [1.807, 2.05) is 12.1 Å². The third-order valence-corrected chi connectivity index (χ3v) is 6.14. The summed E-state index contributed by atoms with van der Waals surface area (Å²) in [6.07, 6.45) is 4.96. The molecule has 0 spiro atoms. The Morgan fingerprint density at radius 2 is 1.48 bits per heavy atom. The molecule has 7 heteroatoms. The Bertz CT molecular complexity index is 858. The lowest BCUT2D eigenvalue weighted by Gasteiger charge is -2.22. The summed E-state index contributed by atoms with van der Waals surface area (Å²) in [6.45, 7) is 2.10. The minimum atomic E-state index is -3.71. The molecule has 2 aromatic rings. The minimum Gasteiger partial charge on any atom is -0.493 e. The molecule has 6 nitrogen and oxygen atoms in total. The normalized spacial score (nSPS) is 15.1. The Labute approximate surface area is 161 Å². The highest BCUT2D eigenvalue weighted by Crippen LogP contribution is 2.30. The quantitative estimate of drug-likeness (QED) is 0.811. The van der Waals surface area contributed by atoms with Crippen molar-refractivity contribution in [1.29, 1.82) is 0 Å². The van der Waals surface area contributed by atoms with E-state index in [1.165, 1.54) is 52.0 Å². The van der Waals surface area contributed by atoms with Crippen LogP contribution in [0.25, 0.3) is 0 Å². The number of methoxy groups -OCH3 is 2. The molecule has 1 N–H and O–H groups in total. The summed E-state index contributed by atoms with van der Waals surface area (Å²) >= 11 is 0. The Morgan fingerprint density at radius 1 is 0.852 bits per heavy atom. The van der Waals surface area contributed by atoms with Gasteiger partial charge in [0, 0.05) is 30.5 Å². The monoisotopic (exact) mass is 390 g/mol. The molecule has 1 heterocycles. The topological polar surface area (TPSA) is 67.9 Å². The number of anilines is 2. The zero-order chi connectivity index (χ0) is 19.3. The molecule has 0 radical (unpaired) electrons. The largest absolute Gasteiger partial charge is 0.493 e. The number of hydrogen-bond acceptors (Lipinski definition) is 5. The second-order valence-electron chi connectivity index (χ2n) is 6.57. The molecule has 0 aromatic heterocycles. The van der Waals surface area contributed by atoms with Crippen LogP contribution in [0.2, 0.25) is 0 Å². The third-order valence-electron chi connectivity index (χ3n) is 4.76. The molecule has 1 saturated heterocycles. The molecule has 0 unspecified atom stereocenters. The predicted octanol–water partition coefficient (Wildman–Crippen LogP) is 3.89. The summed E-state index contributed by atoms with van der Waals surface area (Å²) < 4.78 is 38.3. The fraction of sp³-hybridized carbons (Fsp3) is 0.400. The first-order valence-corrected chi connectivity index (χ1v) is 10.6. The first-order valence-electron chi connectivity index (χ1n) is 9.13. The van der Waals surface area contributed by atoms with E-state index in [1.54, 1.807) is 18.2 Å². The van der Waals surface area contributed by atoms with Gasteiger partial charge >= 0.3 is 0 Å². The molecule has 146 valence electrons. The van der Waals surface area contributed by atoms with Crippen molar-refractivity contribution in [2.24, 2.45) is 0 Å². The van der Waals surface area contributed by atoms with Gasteiger partial charge in [0.15, 0.2) is 11.5 Å². The van der Waals surface area contributed by atoms with E-state index in [0.717, 1.165) is 18.8 Å². The van der Waals surface area contributed by atoms with Crippen LogP contribution in [0.4, 0.5) is 11.4 Å². The highest BCUT2D eigenvalue weighted by Gasteiger charge is 2.17. The molecular formula is C20H26N2O4S. The van der Waals surface area contributed by atoms with Crippen LogP contribution in [0.3, 0.4) is 0 Å². The Morgan fingerprint density at radius 3 is 2.07 bits per heavy atom. The first-order chi connectivity index (χ1) is 13.0. The van der Waals surface area contributed by atoms with E-state index < -0.39 is 10.0 Å².